The molecule has 0 aliphatic heterocycles. The third kappa shape index (κ3) is 4.15. The van der Waals surface area contributed by atoms with Crippen LogP contribution in [0.5, 0.6) is 0 Å². The molecular weight excluding hydrogens is 234 g/mol. The second-order valence-electron chi connectivity index (χ2n) is 4.04. The topological polar surface area (TPSA) is 46.5 Å². The van der Waals surface area contributed by atoms with Gasteiger partial charge in [0.25, 0.3) is 10.0 Å². The van der Waals surface area contributed by atoms with Gasteiger partial charge in [-0.15, -0.1) is 6.58 Å². The molecule has 3 nitrogen and oxygen atoms in total. The Bertz CT molecular complexity index is 501. The summed E-state index contributed by atoms with van der Waals surface area (Å²) in [6.07, 6.45) is 3.92. The maximum atomic E-state index is 11.8. The van der Waals surface area contributed by atoms with E-state index in [-0.39, 0.29) is 10.8 Å². The van der Waals surface area contributed by atoms with E-state index in [4.69, 9.17) is 0 Å². The molecule has 1 rings (SSSR count). The summed E-state index contributed by atoms with van der Waals surface area (Å²) in [7, 11) is -3.56. The summed E-state index contributed by atoms with van der Waals surface area (Å²) in [6.45, 7) is 7.41. The molecule has 0 saturated heterocycles. The van der Waals surface area contributed by atoms with Crippen LogP contribution in [0.25, 0.3) is 0 Å². The van der Waals surface area contributed by atoms with Crippen LogP contribution < -0.4 is 0 Å². The van der Waals surface area contributed by atoms with Gasteiger partial charge in [-0.3, -0.25) is 0 Å². The average molecular weight is 251 g/mol. The maximum absolute atomic E-state index is 11.8. The highest BCUT2D eigenvalue weighted by Gasteiger charge is 2.11. The van der Waals surface area contributed by atoms with Gasteiger partial charge in [0.15, 0.2) is 0 Å². The molecule has 0 aromatic heterocycles. The van der Waals surface area contributed by atoms with Gasteiger partial charge < -0.3 is 0 Å². The maximum Gasteiger partial charge on any atom is 0.281 e. The lowest BCUT2D eigenvalue weighted by atomic mass is 10.1. The SMILES string of the molecule is C=CCC(C)/C=N/S(=O)(=O)c1ccc(C)cc1. The van der Waals surface area contributed by atoms with Gasteiger partial charge in [0, 0.05) is 6.21 Å². The van der Waals surface area contributed by atoms with E-state index in [1.165, 1.54) is 6.21 Å². The van der Waals surface area contributed by atoms with Crippen molar-refractivity contribution < 1.29 is 8.42 Å². The third-order valence-corrected chi connectivity index (χ3v) is 3.58. The molecule has 0 N–H and O–H groups in total. The molecule has 4 heteroatoms. The molecule has 0 saturated carbocycles. The van der Waals surface area contributed by atoms with Crippen LogP contribution in [0.2, 0.25) is 0 Å². The zero-order chi connectivity index (χ0) is 12.9. The minimum absolute atomic E-state index is 0.0766. The predicted molar refractivity (Wildman–Crippen MR) is 70.8 cm³/mol. The lowest BCUT2D eigenvalue weighted by Gasteiger charge is -2.01. The van der Waals surface area contributed by atoms with E-state index in [0.717, 1.165) is 5.56 Å². The summed E-state index contributed by atoms with van der Waals surface area (Å²) >= 11 is 0. The van der Waals surface area contributed by atoms with Gasteiger partial charge in [-0.05, 0) is 31.4 Å². The summed E-state index contributed by atoms with van der Waals surface area (Å²) < 4.78 is 27.3. The first kappa shape index (κ1) is 13.6. The molecule has 0 spiro atoms. The Balaban J connectivity index is 2.89. The zero-order valence-electron chi connectivity index (χ0n) is 10.1. The largest absolute Gasteiger partial charge is 0.281 e. The van der Waals surface area contributed by atoms with Crippen LogP contribution in [0.1, 0.15) is 18.9 Å². The van der Waals surface area contributed by atoms with Crippen LogP contribution in [0.4, 0.5) is 0 Å². The van der Waals surface area contributed by atoms with E-state index in [2.05, 4.69) is 11.0 Å². The summed E-state index contributed by atoms with van der Waals surface area (Å²) in [4.78, 5) is 0.227. The van der Waals surface area contributed by atoms with Gasteiger partial charge in [0.1, 0.15) is 0 Å². The Hall–Kier alpha value is -1.42. The Labute approximate surface area is 103 Å². The fourth-order valence-corrected chi connectivity index (χ4v) is 2.25. The van der Waals surface area contributed by atoms with Gasteiger partial charge in [-0.1, -0.05) is 30.7 Å². The number of allylic oxidation sites excluding steroid dienone is 1. The molecule has 0 bridgehead atoms. The van der Waals surface area contributed by atoms with E-state index < -0.39 is 10.0 Å². The molecule has 0 fully saturated rings. The Morgan fingerprint density at radius 3 is 2.47 bits per heavy atom. The van der Waals surface area contributed by atoms with Gasteiger partial charge in [-0.25, -0.2) is 0 Å². The van der Waals surface area contributed by atoms with Crippen molar-refractivity contribution in [3.05, 3.63) is 42.5 Å². The molecule has 0 radical (unpaired) electrons. The number of nitrogens with zero attached hydrogens (tertiary/aromatic N) is 1. The minimum Gasteiger partial charge on any atom is -0.199 e. The summed E-state index contributed by atoms with van der Waals surface area (Å²) in [5.74, 6) is 0.0766. The van der Waals surface area contributed by atoms with Gasteiger partial charge in [-0.2, -0.15) is 12.8 Å². The van der Waals surface area contributed by atoms with Crippen LogP contribution in [-0.4, -0.2) is 14.6 Å². The van der Waals surface area contributed by atoms with Crippen molar-refractivity contribution in [3.63, 3.8) is 0 Å². The number of hydrogen-bond donors (Lipinski definition) is 0. The second kappa shape index (κ2) is 5.77. The lowest BCUT2D eigenvalue weighted by Crippen LogP contribution is -2.01. The van der Waals surface area contributed by atoms with Crippen LogP contribution in [-0.2, 0) is 10.0 Å². The van der Waals surface area contributed by atoms with E-state index >= 15 is 0 Å². The monoisotopic (exact) mass is 251 g/mol. The number of hydrogen-bond acceptors (Lipinski definition) is 2. The normalized spacial score (nSPS) is 13.8. The van der Waals surface area contributed by atoms with Crippen LogP contribution in [0.15, 0.2) is 46.2 Å². The van der Waals surface area contributed by atoms with Crippen molar-refractivity contribution in [2.75, 3.05) is 0 Å². The number of rotatable bonds is 5. The number of sulfonamides is 1. The average Bonchev–Trinajstić information content (AvgIpc) is 2.28. The first-order valence-electron chi connectivity index (χ1n) is 5.44. The summed E-state index contributed by atoms with van der Waals surface area (Å²) in [5.41, 5.74) is 1.02. The standard InChI is InChI=1S/C13H17NO2S/c1-4-5-12(3)10-14-17(15,16)13-8-6-11(2)7-9-13/h4,6-10,12H,1,5H2,2-3H3/b14-10+. The first-order valence-corrected chi connectivity index (χ1v) is 6.88. The molecular formula is C13H17NO2S. The lowest BCUT2D eigenvalue weighted by molar-refractivity contribution is 0.597. The molecule has 0 aliphatic rings. The number of benzene rings is 1. The molecule has 0 amide bonds. The van der Waals surface area contributed by atoms with E-state index in [0.29, 0.717) is 6.42 Å². The fourth-order valence-electron chi connectivity index (χ4n) is 1.28. The smallest absolute Gasteiger partial charge is 0.199 e. The van der Waals surface area contributed by atoms with Gasteiger partial charge in [0.05, 0.1) is 4.90 Å². The molecule has 0 heterocycles. The molecule has 17 heavy (non-hydrogen) atoms. The van der Waals surface area contributed by atoms with Crippen molar-refractivity contribution in [1.82, 2.24) is 0 Å². The zero-order valence-corrected chi connectivity index (χ0v) is 10.9. The molecule has 1 unspecified atom stereocenters. The van der Waals surface area contributed by atoms with Crippen molar-refractivity contribution in [3.8, 4) is 0 Å². The second-order valence-corrected chi connectivity index (χ2v) is 5.68. The molecule has 1 atom stereocenters. The van der Waals surface area contributed by atoms with Crippen LogP contribution in [0, 0.1) is 12.8 Å². The summed E-state index contributed by atoms with van der Waals surface area (Å²) in [5, 5.41) is 0. The van der Waals surface area contributed by atoms with Crippen LogP contribution in [0.3, 0.4) is 0 Å². The minimum atomic E-state index is -3.56. The van der Waals surface area contributed by atoms with Crippen molar-refractivity contribution in [2.24, 2.45) is 10.3 Å². The van der Waals surface area contributed by atoms with E-state index in [1.807, 2.05) is 13.8 Å². The molecule has 1 aromatic carbocycles. The van der Waals surface area contributed by atoms with Crippen LogP contribution >= 0.6 is 0 Å². The van der Waals surface area contributed by atoms with Crippen molar-refractivity contribution in [1.29, 1.82) is 0 Å². The molecule has 92 valence electrons. The van der Waals surface area contributed by atoms with E-state index in [1.54, 1.807) is 30.3 Å². The third-order valence-electron chi connectivity index (χ3n) is 2.31. The van der Waals surface area contributed by atoms with Gasteiger partial charge >= 0.3 is 0 Å². The van der Waals surface area contributed by atoms with Gasteiger partial charge in [0.2, 0.25) is 0 Å². The number of aryl methyl sites for hydroxylation is 1. The Kier molecular flexibility index (Phi) is 4.63. The van der Waals surface area contributed by atoms with Crippen molar-refractivity contribution >= 4 is 16.2 Å². The van der Waals surface area contributed by atoms with Crippen molar-refractivity contribution in [2.45, 2.75) is 25.2 Å². The summed E-state index contributed by atoms with van der Waals surface area (Å²) in [6, 6.07) is 6.66. The van der Waals surface area contributed by atoms with E-state index in [9.17, 15) is 8.42 Å². The first-order chi connectivity index (χ1) is 7.95. The molecule has 1 aromatic rings. The highest BCUT2D eigenvalue weighted by molar-refractivity contribution is 7.90. The Morgan fingerprint density at radius 2 is 1.94 bits per heavy atom. The molecule has 0 aliphatic carbocycles. The highest BCUT2D eigenvalue weighted by atomic mass is 32.2. The fraction of sp³-hybridized carbons (Fsp3) is 0.308. The highest BCUT2D eigenvalue weighted by Crippen LogP contribution is 2.13. The Morgan fingerprint density at radius 1 is 1.35 bits per heavy atom. The predicted octanol–water partition coefficient (Wildman–Crippen LogP) is 2.97. The quantitative estimate of drug-likeness (QED) is 0.596.